The molecule has 0 spiro atoms. The fraction of sp³-hybridized carbons (Fsp3) is 0.0556. The minimum atomic E-state index is -0.0442. The predicted molar refractivity (Wildman–Crippen MR) is 85.7 cm³/mol. The molecule has 1 N–H and O–H groups in total. The number of carbonyl (C=O) groups excluding carboxylic acids is 1. The molecule has 3 rings (SSSR count). The van der Waals surface area contributed by atoms with Crippen molar-refractivity contribution >= 4 is 11.6 Å². The van der Waals surface area contributed by atoms with Crippen LogP contribution in [-0.4, -0.2) is 15.8 Å². The van der Waals surface area contributed by atoms with Gasteiger partial charge in [0.25, 0.3) is 0 Å². The average Bonchev–Trinajstić information content (AvgIpc) is 2.61. The van der Waals surface area contributed by atoms with Crippen LogP contribution in [0.25, 0.3) is 0 Å². The summed E-state index contributed by atoms with van der Waals surface area (Å²) in [6, 6.07) is 18.5. The lowest BCUT2D eigenvalue weighted by molar-refractivity contribution is 0.103. The molecule has 4 heteroatoms. The van der Waals surface area contributed by atoms with E-state index in [4.69, 9.17) is 0 Å². The number of aromatic nitrogens is 2. The van der Waals surface area contributed by atoms with Gasteiger partial charge in [-0.15, -0.1) is 0 Å². The lowest BCUT2D eigenvalue weighted by atomic mass is 10.0. The van der Waals surface area contributed by atoms with E-state index in [-0.39, 0.29) is 5.78 Å². The summed E-state index contributed by atoms with van der Waals surface area (Å²) in [7, 11) is 0. The molecule has 4 nitrogen and oxygen atoms in total. The number of benzene rings is 1. The zero-order valence-electron chi connectivity index (χ0n) is 11.9. The molecule has 22 heavy (non-hydrogen) atoms. The van der Waals surface area contributed by atoms with Crippen LogP contribution < -0.4 is 5.32 Å². The molecule has 0 saturated carbocycles. The van der Waals surface area contributed by atoms with Crippen LogP contribution in [0.2, 0.25) is 0 Å². The maximum atomic E-state index is 12.6. The Morgan fingerprint density at radius 2 is 1.64 bits per heavy atom. The van der Waals surface area contributed by atoms with Gasteiger partial charge < -0.3 is 5.32 Å². The molecule has 0 bridgehead atoms. The summed E-state index contributed by atoms with van der Waals surface area (Å²) in [5.74, 6) is 0.527. The molecule has 3 aromatic rings. The van der Waals surface area contributed by atoms with Crippen LogP contribution in [0.5, 0.6) is 0 Å². The van der Waals surface area contributed by atoms with E-state index in [1.807, 2.05) is 36.4 Å². The van der Waals surface area contributed by atoms with E-state index in [1.165, 1.54) is 0 Å². The fourth-order valence-corrected chi connectivity index (χ4v) is 2.15. The van der Waals surface area contributed by atoms with E-state index in [9.17, 15) is 4.79 Å². The molecule has 0 aliphatic rings. The summed E-state index contributed by atoms with van der Waals surface area (Å²) in [4.78, 5) is 21.1. The van der Waals surface area contributed by atoms with E-state index in [1.54, 1.807) is 36.7 Å². The Kier molecular flexibility index (Phi) is 4.20. The standard InChI is InChI=1S/C18H15N3O/c22-17(14-7-2-1-3-8-14)16-10-6-12-20-18(16)21-13-15-9-4-5-11-19-15/h1-12H,13H2,(H,20,21). The van der Waals surface area contributed by atoms with E-state index in [0.717, 1.165) is 5.69 Å². The molecular formula is C18H15N3O. The number of pyridine rings is 2. The number of hydrogen-bond acceptors (Lipinski definition) is 4. The Labute approximate surface area is 128 Å². The Morgan fingerprint density at radius 3 is 2.41 bits per heavy atom. The van der Waals surface area contributed by atoms with Gasteiger partial charge in [-0.25, -0.2) is 4.98 Å². The van der Waals surface area contributed by atoms with Crippen molar-refractivity contribution in [1.82, 2.24) is 9.97 Å². The number of rotatable bonds is 5. The molecule has 0 amide bonds. The first-order chi connectivity index (χ1) is 10.8. The number of nitrogens with zero attached hydrogens (tertiary/aromatic N) is 2. The molecule has 0 unspecified atom stereocenters. The summed E-state index contributed by atoms with van der Waals surface area (Å²) in [5.41, 5.74) is 2.10. The van der Waals surface area contributed by atoms with Gasteiger partial charge in [-0.1, -0.05) is 36.4 Å². The molecule has 0 saturated heterocycles. The lowest BCUT2D eigenvalue weighted by Gasteiger charge is -2.10. The second kappa shape index (κ2) is 6.63. The molecule has 0 aliphatic carbocycles. The van der Waals surface area contributed by atoms with Crippen molar-refractivity contribution in [1.29, 1.82) is 0 Å². The van der Waals surface area contributed by atoms with Gasteiger partial charge in [-0.3, -0.25) is 9.78 Å². The Morgan fingerprint density at radius 1 is 0.864 bits per heavy atom. The van der Waals surface area contributed by atoms with E-state index >= 15 is 0 Å². The summed E-state index contributed by atoms with van der Waals surface area (Å²) in [5, 5.41) is 3.19. The fourth-order valence-electron chi connectivity index (χ4n) is 2.15. The van der Waals surface area contributed by atoms with Gasteiger partial charge in [0.15, 0.2) is 5.78 Å². The summed E-state index contributed by atoms with van der Waals surface area (Å²) in [6.45, 7) is 0.521. The predicted octanol–water partition coefficient (Wildman–Crippen LogP) is 3.32. The first-order valence-corrected chi connectivity index (χ1v) is 7.03. The van der Waals surface area contributed by atoms with Gasteiger partial charge in [-0.05, 0) is 24.3 Å². The molecule has 1 aromatic carbocycles. The zero-order valence-corrected chi connectivity index (χ0v) is 11.9. The van der Waals surface area contributed by atoms with E-state index in [2.05, 4.69) is 15.3 Å². The molecule has 2 aromatic heterocycles. The van der Waals surface area contributed by atoms with Crippen molar-refractivity contribution in [3.8, 4) is 0 Å². The van der Waals surface area contributed by atoms with Crippen LogP contribution in [0, 0.1) is 0 Å². The second-order valence-corrected chi connectivity index (χ2v) is 4.77. The summed E-state index contributed by atoms with van der Waals surface area (Å²) < 4.78 is 0. The minimum absolute atomic E-state index is 0.0442. The van der Waals surface area contributed by atoms with Crippen molar-refractivity contribution in [2.75, 3.05) is 5.32 Å². The normalized spacial score (nSPS) is 10.2. The van der Waals surface area contributed by atoms with Crippen molar-refractivity contribution in [2.45, 2.75) is 6.54 Å². The molecule has 0 atom stereocenters. The van der Waals surface area contributed by atoms with Gasteiger partial charge in [0.05, 0.1) is 17.8 Å². The smallest absolute Gasteiger partial charge is 0.196 e. The third-order valence-electron chi connectivity index (χ3n) is 3.25. The highest BCUT2D eigenvalue weighted by molar-refractivity contribution is 6.11. The monoisotopic (exact) mass is 289 g/mol. The number of ketones is 1. The van der Waals surface area contributed by atoms with Crippen molar-refractivity contribution in [2.24, 2.45) is 0 Å². The van der Waals surface area contributed by atoms with Gasteiger partial charge in [0.2, 0.25) is 0 Å². The quantitative estimate of drug-likeness (QED) is 0.732. The highest BCUT2D eigenvalue weighted by Crippen LogP contribution is 2.17. The maximum absolute atomic E-state index is 12.6. The topological polar surface area (TPSA) is 54.9 Å². The summed E-state index contributed by atoms with van der Waals surface area (Å²) in [6.07, 6.45) is 3.41. The Bertz CT molecular complexity index is 758. The van der Waals surface area contributed by atoms with Crippen molar-refractivity contribution < 1.29 is 4.79 Å². The van der Waals surface area contributed by atoms with Crippen LogP contribution in [0.1, 0.15) is 21.6 Å². The zero-order chi connectivity index (χ0) is 15.2. The van der Waals surface area contributed by atoms with Crippen molar-refractivity contribution in [3.63, 3.8) is 0 Å². The highest BCUT2D eigenvalue weighted by Gasteiger charge is 2.13. The Hall–Kier alpha value is -3.01. The van der Waals surface area contributed by atoms with Crippen LogP contribution in [0.4, 0.5) is 5.82 Å². The molecule has 0 fully saturated rings. The van der Waals surface area contributed by atoms with Crippen LogP contribution in [0.15, 0.2) is 73.1 Å². The number of nitrogens with one attached hydrogen (secondary N) is 1. The van der Waals surface area contributed by atoms with Gasteiger partial charge >= 0.3 is 0 Å². The van der Waals surface area contributed by atoms with Crippen LogP contribution >= 0.6 is 0 Å². The largest absolute Gasteiger partial charge is 0.364 e. The van der Waals surface area contributed by atoms with Gasteiger partial charge in [0.1, 0.15) is 5.82 Å². The lowest BCUT2D eigenvalue weighted by Crippen LogP contribution is -2.10. The van der Waals surface area contributed by atoms with Crippen LogP contribution in [0.3, 0.4) is 0 Å². The maximum Gasteiger partial charge on any atom is 0.196 e. The molecule has 2 heterocycles. The Balaban J connectivity index is 1.82. The minimum Gasteiger partial charge on any atom is -0.364 e. The first kappa shape index (κ1) is 13.9. The van der Waals surface area contributed by atoms with Crippen LogP contribution in [-0.2, 0) is 6.54 Å². The number of carbonyl (C=O) groups is 1. The summed E-state index contributed by atoms with van der Waals surface area (Å²) >= 11 is 0. The average molecular weight is 289 g/mol. The first-order valence-electron chi connectivity index (χ1n) is 7.03. The third-order valence-corrected chi connectivity index (χ3v) is 3.25. The van der Waals surface area contributed by atoms with E-state index < -0.39 is 0 Å². The number of hydrogen-bond donors (Lipinski definition) is 1. The highest BCUT2D eigenvalue weighted by atomic mass is 16.1. The molecule has 0 radical (unpaired) electrons. The SMILES string of the molecule is O=C(c1ccccc1)c1cccnc1NCc1ccccn1. The third kappa shape index (κ3) is 3.17. The number of anilines is 1. The van der Waals surface area contributed by atoms with Gasteiger partial charge in [0, 0.05) is 18.0 Å². The second-order valence-electron chi connectivity index (χ2n) is 4.77. The molecule has 108 valence electrons. The van der Waals surface area contributed by atoms with E-state index in [0.29, 0.717) is 23.5 Å². The van der Waals surface area contributed by atoms with Crippen molar-refractivity contribution in [3.05, 3.63) is 89.9 Å². The molecule has 0 aliphatic heterocycles. The molecular weight excluding hydrogens is 274 g/mol. The van der Waals surface area contributed by atoms with Gasteiger partial charge in [-0.2, -0.15) is 0 Å².